The van der Waals surface area contributed by atoms with Gasteiger partial charge in [0.15, 0.2) is 0 Å². The zero-order chi connectivity index (χ0) is 20.9. The summed E-state index contributed by atoms with van der Waals surface area (Å²) in [6, 6.07) is 12.4. The van der Waals surface area contributed by atoms with Crippen molar-refractivity contribution in [3.8, 4) is 5.75 Å². The zero-order valence-electron chi connectivity index (χ0n) is 17.0. The number of carbonyl (C=O) groups is 2. The number of halogens is 1. The maximum atomic E-state index is 12.7. The van der Waals surface area contributed by atoms with Crippen LogP contribution in [0.1, 0.15) is 48.0 Å². The van der Waals surface area contributed by atoms with Crippen molar-refractivity contribution in [3.05, 3.63) is 58.6 Å². The highest BCUT2D eigenvalue weighted by atomic mass is 35.5. The van der Waals surface area contributed by atoms with Gasteiger partial charge in [-0.05, 0) is 67.1 Å². The van der Waals surface area contributed by atoms with E-state index in [-0.39, 0.29) is 17.7 Å². The van der Waals surface area contributed by atoms with Crippen LogP contribution in [-0.2, 0) is 11.2 Å². The van der Waals surface area contributed by atoms with Crippen LogP contribution in [0.3, 0.4) is 0 Å². The van der Waals surface area contributed by atoms with Crippen LogP contribution in [0.2, 0.25) is 5.02 Å². The number of amides is 2. The Labute approximate surface area is 182 Å². The standard InChI is InChI=1S/C24H27ClN2O3/c25-20-8-4-7-17(12-20)24(29)27-21-9-10-22-18(13-21)11-19(15-30-22)23(28)26-14-16-5-2-1-3-6-16/h4,7-10,12-13,16,19H,1-3,5-6,11,14-15H2,(H,26,28)(H,27,29)/t19-/m0/s1. The van der Waals surface area contributed by atoms with Crippen LogP contribution in [0, 0.1) is 11.8 Å². The highest BCUT2D eigenvalue weighted by Gasteiger charge is 2.27. The van der Waals surface area contributed by atoms with E-state index in [0.717, 1.165) is 17.9 Å². The molecule has 2 N–H and O–H groups in total. The van der Waals surface area contributed by atoms with E-state index in [1.54, 1.807) is 24.3 Å². The molecule has 1 heterocycles. The summed E-state index contributed by atoms with van der Waals surface area (Å²) in [6.45, 7) is 1.15. The van der Waals surface area contributed by atoms with Gasteiger partial charge in [-0.3, -0.25) is 9.59 Å². The summed E-state index contributed by atoms with van der Waals surface area (Å²) in [7, 11) is 0. The third-order valence-corrected chi connectivity index (χ3v) is 6.21. The van der Waals surface area contributed by atoms with Crippen molar-refractivity contribution in [2.75, 3.05) is 18.5 Å². The number of rotatable bonds is 5. The minimum absolute atomic E-state index is 0.0552. The highest BCUT2D eigenvalue weighted by molar-refractivity contribution is 6.31. The fourth-order valence-electron chi connectivity index (χ4n) is 4.25. The van der Waals surface area contributed by atoms with E-state index in [0.29, 0.717) is 35.2 Å². The lowest BCUT2D eigenvalue weighted by Crippen LogP contribution is -2.39. The van der Waals surface area contributed by atoms with Gasteiger partial charge < -0.3 is 15.4 Å². The number of hydrogen-bond acceptors (Lipinski definition) is 3. The molecule has 2 aliphatic rings. The monoisotopic (exact) mass is 426 g/mol. The molecule has 0 radical (unpaired) electrons. The van der Waals surface area contributed by atoms with E-state index in [1.807, 2.05) is 18.2 Å². The van der Waals surface area contributed by atoms with Gasteiger partial charge in [-0.2, -0.15) is 0 Å². The Bertz CT molecular complexity index is 924. The van der Waals surface area contributed by atoms with E-state index in [1.165, 1.54) is 32.1 Å². The Morgan fingerprint density at radius 1 is 1.07 bits per heavy atom. The maximum absolute atomic E-state index is 12.7. The summed E-state index contributed by atoms with van der Waals surface area (Å²) >= 11 is 5.97. The van der Waals surface area contributed by atoms with Gasteiger partial charge in [-0.1, -0.05) is 36.9 Å². The molecule has 30 heavy (non-hydrogen) atoms. The van der Waals surface area contributed by atoms with Crippen molar-refractivity contribution in [2.45, 2.75) is 38.5 Å². The van der Waals surface area contributed by atoms with Gasteiger partial charge in [-0.25, -0.2) is 0 Å². The molecule has 0 bridgehead atoms. The lowest BCUT2D eigenvalue weighted by molar-refractivity contribution is -0.126. The molecule has 4 rings (SSSR count). The molecule has 1 aliphatic carbocycles. The first-order valence-corrected chi connectivity index (χ1v) is 11.1. The largest absolute Gasteiger partial charge is 0.492 e. The highest BCUT2D eigenvalue weighted by Crippen LogP contribution is 2.30. The second-order valence-electron chi connectivity index (χ2n) is 8.25. The van der Waals surface area contributed by atoms with Crippen molar-refractivity contribution in [1.82, 2.24) is 5.32 Å². The first-order valence-electron chi connectivity index (χ1n) is 10.7. The molecule has 158 valence electrons. The Hall–Kier alpha value is -2.53. The number of hydrogen-bond donors (Lipinski definition) is 2. The molecule has 1 atom stereocenters. The van der Waals surface area contributed by atoms with Gasteiger partial charge in [0.25, 0.3) is 5.91 Å². The predicted octanol–water partition coefficient (Wildman–Crippen LogP) is 4.84. The Morgan fingerprint density at radius 3 is 2.70 bits per heavy atom. The number of benzene rings is 2. The normalized spacial score (nSPS) is 18.8. The summed E-state index contributed by atoms with van der Waals surface area (Å²) in [5.41, 5.74) is 2.10. The smallest absolute Gasteiger partial charge is 0.255 e. The maximum Gasteiger partial charge on any atom is 0.255 e. The second kappa shape index (κ2) is 9.52. The van der Waals surface area contributed by atoms with Gasteiger partial charge in [0.1, 0.15) is 12.4 Å². The van der Waals surface area contributed by atoms with Crippen molar-refractivity contribution in [1.29, 1.82) is 0 Å². The van der Waals surface area contributed by atoms with Crippen molar-refractivity contribution >= 4 is 29.1 Å². The average Bonchev–Trinajstić information content (AvgIpc) is 2.77. The fourth-order valence-corrected chi connectivity index (χ4v) is 4.44. The summed E-state index contributed by atoms with van der Waals surface area (Å²) in [4.78, 5) is 25.1. The van der Waals surface area contributed by atoms with E-state index in [9.17, 15) is 9.59 Å². The lowest BCUT2D eigenvalue weighted by atomic mass is 9.89. The van der Waals surface area contributed by atoms with Gasteiger partial charge in [0.05, 0.1) is 5.92 Å². The van der Waals surface area contributed by atoms with Crippen LogP contribution in [0.25, 0.3) is 0 Å². The minimum atomic E-state index is -0.226. The van der Waals surface area contributed by atoms with Crippen LogP contribution in [-0.4, -0.2) is 25.0 Å². The first kappa shape index (κ1) is 20.7. The molecule has 5 nitrogen and oxygen atoms in total. The van der Waals surface area contributed by atoms with Crippen LogP contribution >= 0.6 is 11.6 Å². The van der Waals surface area contributed by atoms with Crippen LogP contribution in [0.5, 0.6) is 5.75 Å². The molecular weight excluding hydrogens is 400 g/mol. The molecule has 0 saturated heterocycles. The van der Waals surface area contributed by atoms with Gasteiger partial charge in [0.2, 0.25) is 5.91 Å². The molecule has 1 fully saturated rings. The van der Waals surface area contributed by atoms with E-state index in [2.05, 4.69) is 10.6 Å². The Balaban J connectivity index is 1.36. The number of nitrogens with one attached hydrogen (secondary N) is 2. The number of ether oxygens (including phenoxy) is 1. The first-order chi connectivity index (χ1) is 14.6. The quantitative estimate of drug-likeness (QED) is 0.718. The summed E-state index contributed by atoms with van der Waals surface area (Å²) in [6.07, 6.45) is 6.87. The van der Waals surface area contributed by atoms with Gasteiger partial charge in [0, 0.05) is 22.8 Å². The second-order valence-corrected chi connectivity index (χ2v) is 8.68. The molecule has 2 aromatic carbocycles. The molecule has 0 aromatic heterocycles. The number of fused-ring (bicyclic) bond motifs is 1. The molecule has 0 unspecified atom stereocenters. The summed E-state index contributed by atoms with van der Waals surface area (Å²) < 4.78 is 5.82. The zero-order valence-corrected chi connectivity index (χ0v) is 17.7. The molecule has 2 amide bonds. The molecule has 2 aromatic rings. The third kappa shape index (κ3) is 5.14. The van der Waals surface area contributed by atoms with Crippen LogP contribution < -0.4 is 15.4 Å². The van der Waals surface area contributed by atoms with Crippen LogP contribution in [0.4, 0.5) is 5.69 Å². The van der Waals surface area contributed by atoms with Gasteiger partial charge in [-0.15, -0.1) is 0 Å². The molecule has 6 heteroatoms. The molecule has 1 saturated carbocycles. The number of anilines is 1. The molecule has 0 spiro atoms. The summed E-state index contributed by atoms with van der Waals surface area (Å²) in [5, 5.41) is 6.54. The fraction of sp³-hybridized carbons (Fsp3) is 0.417. The lowest BCUT2D eigenvalue weighted by Gasteiger charge is -2.27. The van der Waals surface area contributed by atoms with Crippen LogP contribution in [0.15, 0.2) is 42.5 Å². The van der Waals surface area contributed by atoms with E-state index in [4.69, 9.17) is 16.3 Å². The topological polar surface area (TPSA) is 67.4 Å². The van der Waals surface area contributed by atoms with Crippen molar-refractivity contribution in [2.24, 2.45) is 11.8 Å². The Kier molecular flexibility index (Phi) is 6.58. The average molecular weight is 427 g/mol. The molecule has 1 aliphatic heterocycles. The van der Waals surface area contributed by atoms with Gasteiger partial charge >= 0.3 is 0 Å². The predicted molar refractivity (Wildman–Crippen MR) is 118 cm³/mol. The minimum Gasteiger partial charge on any atom is -0.492 e. The number of carbonyl (C=O) groups excluding carboxylic acids is 2. The van der Waals surface area contributed by atoms with Crippen molar-refractivity contribution < 1.29 is 14.3 Å². The SMILES string of the molecule is O=C(Nc1ccc2c(c1)C[C@H](C(=O)NCC1CCCCC1)CO2)c1cccc(Cl)c1. The molecular formula is C24H27ClN2O3. The Morgan fingerprint density at radius 2 is 1.90 bits per heavy atom. The summed E-state index contributed by atoms with van der Waals surface area (Å²) in [5.74, 6) is 0.996. The van der Waals surface area contributed by atoms with E-state index >= 15 is 0 Å². The third-order valence-electron chi connectivity index (χ3n) is 5.97. The van der Waals surface area contributed by atoms with E-state index < -0.39 is 0 Å². The van der Waals surface area contributed by atoms with Crippen molar-refractivity contribution in [3.63, 3.8) is 0 Å².